The number of nitrogen functional groups attached to an aromatic ring is 1. The second kappa shape index (κ2) is 8.04. The fraction of sp³-hybridized carbons (Fsp3) is 0.647. The smallest absolute Gasteiger partial charge is 0.350 e. The average Bonchev–Trinajstić information content (AvgIpc) is 2.90. The van der Waals surface area contributed by atoms with Crippen LogP contribution in [0.5, 0.6) is 0 Å². The number of hydrogen-bond donors (Lipinski definition) is 4. The molecule has 1 fully saturated rings. The van der Waals surface area contributed by atoms with Crippen molar-refractivity contribution in [2.45, 2.75) is 50.5 Å². The largest absolute Gasteiger partial charge is 0.464 e. The number of carbonyl (C=O) groups is 1. The van der Waals surface area contributed by atoms with Crippen LogP contribution in [-0.4, -0.2) is 50.6 Å². The SMILES string of the molecule is CCC(C)[C@@H](N)C(=O)OC[C@H]1C[C@@](C#N)(n2ccc(N)nc2=O)C(O)C1O. The lowest BCUT2D eigenvalue weighted by atomic mass is 9.95. The highest BCUT2D eigenvalue weighted by atomic mass is 16.5. The van der Waals surface area contributed by atoms with E-state index < -0.39 is 41.4 Å². The van der Waals surface area contributed by atoms with Crippen molar-refractivity contribution in [3.05, 3.63) is 22.7 Å². The van der Waals surface area contributed by atoms with Gasteiger partial charge in [-0.15, -0.1) is 0 Å². The lowest BCUT2D eigenvalue weighted by Gasteiger charge is -2.27. The third kappa shape index (κ3) is 3.80. The highest BCUT2D eigenvalue weighted by molar-refractivity contribution is 5.75. The minimum absolute atomic E-state index is 0.0260. The molecule has 0 radical (unpaired) electrons. The van der Waals surface area contributed by atoms with Crippen molar-refractivity contribution in [2.75, 3.05) is 12.3 Å². The minimum atomic E-state index is -1.74. The van der Waals surface area contributed by atoms with Crippen LogP contribution in [0.25, 0.3) is 0 Å². The first-order chi connectivity index (χ1) is 12.7. The second-order valence-corrected chi connectivity index (χ2v) is 6.98. The molecule has 6 atom stereocenters. The Bertz CT molecular complexity index is 791. The third-order valence-electron chi connectivity index (χ3n) is 5.29. The van der Waals surface area contributed by atoms with E-state index in [1.54, 1.807) is 0 Å². The van der Waals surface area contributed by atoms with Gasteiger partial charge < -0.3 is 26.4 Å². The molecule has 0 saturated heterocycles. The molecule has 1 aromatic heterocycles. The summed E-state index contributed by atoms with van der Waals surface area (Å²) in [6, 6.07) is 2.42. The molecule has 10 nitrogen and oxygen atoms in total. The monoisotopic (exact) mass is 379 g/mol. The predicted octanol–water partition coefficient (Wildman–Crippen LogP) is -1.30. The molecular weight excluding hydrogens is 354 g/mol. The van der Waals surface area contributed by atoms with E-state index in [4.69, 9.17) is 16.2 Å². The van der Waals surface area contributed by atoms with E-state index in [0.29, 0.717) is 6.42 Å². The summed E-state index contributed by atoms with van der Waals surface area (Å²) < 4.78 is 6.13. The van der Waals surface area contributed by atoms with E-state index >= 15 is 0 Å². The zero-order valence-electron chi connectivity index (χ0n) is 15.3. The topological polar surface area (TPSA) is 177 Å². The van der Waals surface area contributed by atoms with E-state index in [9.17, 15) is 25.1 Å². The zero-order valence-corrected chi connectivity index (χ0v) is 15.3. The Kier molecular flexibility index (Phi) is 6.20. The van der Waals surface area contributed by atoms with Gasteiger partial charge in [0.25, 0.3) is 0 Å². The van der Waals surface area contributed by atoms with E-state index in [1.807, 2.05) is 19.9 Å². The van der Waals surface area contributed by atoms with Crippen LogP contribution in [0, 0.1) is 23.2 Å². The molecule has 0 spiro atoms. The van der Waals surface area contributed by atoms with Crippen LogP contribution in [0.3, 0.4) is 0 Å². The molecule has 2 rings (SSSR count). The van der Waals surface area contributed by atoms with Crippen molar-refractivity contribution in [3.63, 3.8) is 0 Å². The fourth-order valence-corrected chi connectivity index (χ4v) is 3.24. The molecule has 10 heteroatoms. The molecule has 1 heterocycles. The van der Waals surface area contributed by atoms with E-state index in [0.717, 1.165) is 4.57 Å². The average molecular weight is 379 g/mol. The normalized spacial score (nSPS) is 29.7. The van der Waals surface area contributed by atoms with E-state index in [2.05, 4.69) is 4.98 Å². The Balaban J connectivity index is 2.20. The summed E-state index contributed by atoms with van der Waals surface area (Å²) in [6.07, 6.45) is -1.11. The number of anilines is 1. The molecule has 6 N–H and O–H groups in total. The van der Waals surface area contributed by atoms with Crippen molar-refractivity contribution in [3.8, 4) is 6.07 Å². The Hall–Kier alpha value is -2.48. The zero-order chi connectivity index (χ0) is 20.4. The molecule has 1 aliphatic carbocycles. The van der Waals surface area contributed by atoms with Gasteiger partial charge in [-0.2, -0.15) is 10.2 Å². The van der Waals surface area contributed by atoms with Crippen LogP contribution < -0.4 is 17.2 Å². The summed E-state index contributed by atoms with van der Waals surface area (Å²) in [6.45, 7) is 3.48. The van der Waals surface area contributed by atoms with Crippen LogP contribution in [-0.2, 0) is 15.1 Å². The molecule has 0 amide bonds. The standard InChI is InChI=1S/C17H25N5O5/c1-3-9(2)12(20)15(25)27-7-10-6-17(8-18,14(24)13(10)23)22-5-4-11(19)21-16(22)26/h4-5,9-10,12-14,23-24H,3,6-7,20H2,1-2H3,(H2,19,21,26)/t9?,10-,12-,13?,14?,17+/m1/s1. The summed E-state index contributed by atoms with van der Waals surface area (Å²) in [5.74, 6) is -1.47. The molecule has 1 saturated carbocycles. The Morgan fingerprint density at radius 2 is 2.26 bits per heavy atom. The van der Waals surface area contributed by atoms with Gasteiger partial charge in [-0.3, -0.25) is 9.36 Å². The van der Waals surface area contributed by atoms with Crippen LogP contribution in [0.4, 0.5) is 5.82 Å². The number of nitrogens with zero attached hydrogens (tertiary/aromatic N) is 3. The summed E-state index contributed by atoms with van der Waals surface area (Å²) >= 11 is 0. The fourth-order valence-electron chi connectivity index (χ4n) is 3.24. The van der Waals surface area contributed by atoms with Crippen molar-refractivity contribution in [2.24, 2.45) is 17.6 Å². The van der Waals surface area contributed by atoms with Crippen molar-refractivity contribution in [1.82, 2.24) is 9.55 Å². The molecule has 0 aliphatic heterocycles. The molecule has 1 aromatic rings. The summed E-state index contributed by atoms with van der Waals surface area (Å²) in [5.41, 5.74) is 8.71. The van der Waals surface area contributed by atoms with Crippen LogP contribution in [0.1, 0.15) is 26.7 Å². The van der Waals surface area contributed by atoms with Gasteiger partial charge in [0, 0.05) is 12.1 Å². The van der Waals surface area contributed by atoms with Gasteiger partial charge in [0.1, 0.15) is 18.0 Å². The summed E-state index contributed by atoms with van der Waals surface area (Å²) in [4.78, 5) is 27.7. The third-order valence-corrected chi connectivity index (χ3v) is 5.29. The number of aliphatic hydroxyl groups is 2. The van der Waals surface area contributed by atoms with Gasteiger partial charge in [-0.05, 0) is 18.4 Å². The Morgan fingerprint density at radius 3 is 2.81 bits per heavy atom. The number of rotatable bonds is 6. The van der Waals surface area contributed by atoms with Gasteiger partial charge in [-0.25, -0.2) is 4.79 Å². The summed E-state index contributed by atoms with van der Waals surface area (Å²) in [7, 11) is 0. The predicted molar refractivity (Wildman–Crippen MR) is 95.0 cm³/mol. The van der Waals surface area contributed by atoms with Gasteiger partial charge in [0.2, 0.25) is 0 Å². The first-order valence-electron chi connectivity index (χ1n) is 8.73. The van der Waals surface area contributed by atoms with E-state index in [-0.39, 0.29) is 24.8 Å². The minimum Gasteiger partial charge on any atom is -0.464 e. The van der Waals surface area contributed by atoms with Gasteiger partial charge >= 0.3 is 11.7 Å². The number of ether oxygens (including phenoxy) is 1. The van der Waals surface area contributed by atoms with Crippen molar-refractivity contribution < 1.29 is 19.7 Å². The van der Waals surface area contributed by atoms with Crippen molar-refractivity contribution >= 4 is 11.8 Å². The number of aromatic nitrogens is 2. The molecule has 27 heavy (non-hydrogen) atoms. The second-order valence-electron chi connectivity index (χ2n) is 6.98. The van der Waals surface area contributed by atoms with Crippen LogP contribution in [0.15, 0.2) is 17.1 Å². The maximum absolute atomic E-state index is 12.1. The summed E-state index contributed by atoms with van der Waals surface area (Å²) in [5, 5.41) is 30.5. The molecule has 148 valence electrons. The van der Waals surface area contributed by atoms with Crippen LogP contribution in [0.2, 0.25) is 0 Å². The number of aliphatic hydroxyl groups excluding tert-OH is 2. The quantitative estimate of drug-likeness (QED) is 0.437. The Labute approximate surface area is 156 Å². The maximum Gasteiger partial charge on any atom is 0.350 e. The number of esters is 1. The van der Waals surface area contributed by atoms with E-state index in [1.165, 1.54) is 12.3 Å². The number of hydrogen-bond acceptors (Lipinski definition) is 9. The van der Waals surface area contributed by atoms with Gasteiger partial charge in [-0.1, -0.05) is 20.3 Å². The number of nitrogens with two attached hydrogens (primary N) is 2. The number of nitriles is 1. The molecule has 3 unspecified atom stereocenters. The highest BCUT2D eigenvalue weighted by Crippen LogP contribution is 2.40. The van der Waals surface area contributed by atoms with Gasteiger partial charge in [0.05, 0.1) is 18.8 Å². The Morgan fingerprint density at radius 1 is 1.59 bits per heavy atom. The molecule has 0 aromatic carbocycles. The van der Waals surface area contributed by atoms with Crippen molar-refractivity contribution in [1.29, 1.82) is 5.26 Å². The molecular formula is C17H25N5O5. The first-order valence-corrected chi connectivity index (χ1v) is 8.73. The first kappa shape index (κ1) is 20.8. The maximum atomic E-state index is 12.1. The lowest BCUT2D eigenvalue weighted by molar-refractivity contribution is -0.149. The highest BCUT2D eigenvalue weighted by Gasteiger charge is 2.55. The molecule has 0 bridgehead atoms. The lowest BCUT2D eigenvalue weighted by Crippen LogP contribution is -2.48. The molecule has 1 aliphatic rings. The van der Waals surface area contributed by atoms with Crippen LogP contribution >= 0.6 is 0 Å². The van der Waals surface area contributed by atoms with Gasteiger partial charge in [0.15, 0.2) is 5.54 Å². The number of carbonyl (C=O) groups excluding carboxylic acids is 1.